The average Bonchev–Trinajstić information content (AvgIpc) is 3.33. The number of rotatable bonds is 10. The first-order valence-electron chi connectivity index (χ1n) is 11.5. The van der Waals surface area contributed by atoms with E-state index in [1.807, 2.05) is 0 Å². The largest absolute Gasteiger partial charge is 0.493 e. The fourth-order valence-electron chi connectivity index (χ4n) is 3.08. The normalized spacial score (nSPS) is 17.4. The minimum atomic E-state index is -2.18. The van der Waals surface area contributed by atoms with Crippen molar-refractivity contribution in [1.82, 2.24) is 0 Å². The number of ether oxygens (including phenoxy) is 6. The molecule has 4 atom stereocenters. The highest BCUT2D eigenvalue weighted by Gasteiger charge is 2.43. The molecule has 10 heteroatoms. The summed E-state index contributed by atoms with van der Waals surface area (Å²) in [6.45, 7) is 10.6. The molecule has 198 valence electrons. The summed E-state index contributed by atoms with van der Waals surface area (Å²) in [7, 11) is 1.45. The van der Waals surface area contributed by atoms with Crippen LogP contribution in [-0.2, 0) is 28.6 Å². The van der Waals surface area contributed by atoms with E-state index < -0.39 is 41.8 Å². The summed E-state index contributed by atoms with van der Waals surface area (Å²) < 4.78 is 32.7. The van der Waals surface area contributed by atoms with Crippen molar-refractivity contribution in [3.63, 3.8) is 0 Å². The molecule has 0 radical (unpaired) electrons. The van der Waals surface area contributed by atoms with Crippen molar-refractivity contribution in [2.75, 3.05) is 13.9 Å². The summed E-state index contributed by atoms with van der Waals surface area (Å²) in [6.07, 6.45) is -0.252. The van der Waals surface area contributed by atoms with Crippen LogP contribution in [0.25, 0.3) is 0 Å². The van der Waals surface area contributed by atoms with Crippen LogP contribution >= 0.6 is 0 Å². The lowest BCUT2D eigenvalue weighted by atomic mass is 9.99. The van der Waals surface area contributed by atoms with Gasteiger partial charge in [0.25, 0.3) is 0 Å². The quantitative estimate of drug-likeness (QED) is 0.286. The topological polar surface area (TPSA) is 127 Å². The van der Waals surface area contributed by atoms with Crippen molar-refractivity contribution in [2.45, 2.75) is 72.4 Å². The van der Waals surface area contributed by atoms with Crippen LogP contribution in [0.15, 0.2) is 35.4 Å². The summed E-state index contributed by atoms with van der Waals surface area (Å²) in [5.74, 6) is -1.25. The number of carbonyl (C=O) groups excluding carboxylic acids is 3. The molecule has 0 aliphatic carbocycles. The van der Waals surface area contributed by atoms with Crippen LogP contribution in [0, 0.1) is 0 Å². The highest BCUT2D eigenvalue weighted by atomic mass is 16.7. The summed E-state index contributed by atoms with van der Waals surface area (Å²) in [5, 5.41) is 10.8. The number of allylic oxidation sites excluding steroid dienone is 2. The second-order valence-electron chi connectivity index (χ2n) is 8.53. The molecule has 1 aromatic carbocycles. The smallest absolute Gasteiger partial charge is 0.342 e. The van der Waals surface area contributed by atoms with E-state index >= 15 is 0 Å². The van der Waals surface area contributed by atoms with Gasteiger partial charge in [0.1, 0.15) is 12.2 Å². The Balaban J connectivity index is 2.34. The van der Waals surface area contributed by atoms with Crippen molar-refractivity contribution in [3.8, 4) is 17.2 Å². The maximum absolute atomic E-state index is 13.0. The monoisotopic (exact) mass is 506 g/mol. The molecule has 2 rings (SSSR count). The zero-order valence-corrected chi connectivity index (χ0v) is 21.9. The van der Waals surface area contributed by atoms with Crippen LogP contribution in [0.1, 0.15) is 60.1 Å². The fraction of sp³-hybridized carbons (Fsp3) is 0.500. The molecule has 4 unspecified atom stereocenters. The van der Waals surface area contributed by atoms with Gasteiger partial charge < -0.3 is 33.5 Å². The lowest BCUT2D eigenvalue weighted by molar-refractivity contribution is -0.192. The molecule has 0 saturated carbocycles. The van der Waals surface area contributed by atoms with Crippen molar-refractivity contribution >= 4 is 17.9 Å². The van der Waals surface area contributed by atoms with Gasteiger partial charge in [0.05, 0.1) is 7.11 Å². The van der Waals surface area contributed by atoms with Gasteiger partial charge in [-0.3, -0.25) is 0 Å². The van der Waals surface area contributed by atoms with Gasteiger partial charge >= 0.3 is 17.9 Å². The third-order valence-electron chi connectivity index (χ3n) is 5.96. The Labute approximate surface area is 210 Å². The Morgan fingerprint density at radius 2 is 1.58 bits per heavy atom. The Morgan fingerprint density at radius 1 is 1.00 bits per heavy atom. The first-order chi connectivity index (χ1) is 16.9. The molecular weight excluding hydrogens is 472 g/mol. The van der Waals surface area contributed by atoms with E-state index in [0.29, 0.717) is 34.0 Å². The average molecular weight is 507 g/mol. The van der Waals surface area contributed by atoms with Gasteiger partial charge in [0.15, 0.2) is 23.2 Å². The van der Waals surface area contributed by atoms with E-state index in [1.165, 1.54) is 27.9 Å². The zero-order valence-electron chi connectivity index (χ0n) is 21.9. The molecule has 1 aromatic rings. The van der Waals surface area contributed by atoms with Crippen LogP contribution in [-0.4, -0.2) is 54.7 Å². The summed E-state index contributed by atoms with van der Waals surface area (Å²) in [6, 6.07) is 3.18. The summed E-state index contributed by atoms with van der Waals surface area (Å²) in [5.41, 5.74) is -1.10. The Kier molecular flexibility index (Phi) is 9.52. The Morgan fingerprint density at radius 3 is 2.14 bits per heavy atom. The van der Waals surface area contributed by atoms with Gasteiger partial charge in [-0.2, -0.15) is 0 Å². The number of methoxy groups -OCH3 is 1. The number of hydrogen-bond acceptors (Lipinski definition) is 10. The maximum Gasteiger partial charge on any atom is 0.342 e. The number of benzene rings is 1. The summed E-state index contributed by atoms with van der Waals surface area (Å²) in [4.78, 5) is 37.7. The second-order valence-corrected chi connectivity index (χ2v) is 8.53. The third kappa shape index (κ3) is 6.37. The molecule has 1 N–H and O–H groups in total. The van der Waals surface area contributed by atoms with Crippen LogP contribution in [0.4, 0.5) is 0 Å². The molecule has 0 fully saturated rings. The Bertz CT molecular complexity index is 1050. The molecule has 0 saturated heterocycles. The molecular formula is C26H34O10. The van der Waals surface area contributed by atoms with E-state index in [-0.39, 0.29) is 6.79 Å². The molecule has 0 aromatic heterocycles. The predicted octanol–water partition coefficient (Wildman–Crippen LogP) is 3.56. The molecule has 36 heavy (non-hydrogen) atoms. The van der Waals surface area contributed by atoms with Gasteiger partial charge in [-0.15, -0.1) is 0 Å². The molecule has 10 nitrogen and oxygen atoms in total. The Hall–Kier alpha value is -3.53. The fourth-order valence-corrected chi connectivity index (χ4v) is 3.08. The first kappa shape index (κ1) is 28.7. The predicted molar refractivity (Wildman–Crippen MR) is 129 cm³/mol. The van der Waals surface area contributed by atoms with Crippen LogP contribution in [0.3, 0.4) is 0 Å². The second kappa shape index (κ2) is 11.9. The first-order valence-corrected chi connectivity index (χ1v) is 11.5. The number of hydrogen-bond donors (Lipinski definition) is 1. The summed E-state index contributed by atoms with van der Waals surface area (Å²) >= 11 is 0. The van der Waals surface area contributed by atoms with Gasteiger partial charge in [-0.1, -0.05) is 12.2 Å². The van der Waals surface area contributed by atoms with E-state index in [2.05, 4.69) is 0 Å². The SMILES string of the molecule is CC=C(C)C(=O)OC(c1cc(OC)c2c(c1)OCO2)C(C)OC(=O)C(C)(O)C(C)OC(=O)C(C)=CC. The van der Waals surface area contributed by atoms with Gasteiger partial charge in [0, 0.05) is 16.7 Å². The molecule has 1 aliphatic rings. The van der Waals surface area contributed by atoms with Crippen LogP contribution in [0.5, 0.6) is 17.2 Å². The lowest BCUT2D eigenvalue weighted by Crippen LogP contribution is -2.49. The standard InChI is InChI=1S/C26H34O10/c1-9-14(3)23(27)35-17(6)26(7,30)25(29)34-16(5)21(36-24(28)15(4)10-2)18-11-19(31-8)22-20(12-18)32-13-33-22/h9-12,16-17,21,30H,13H2,1-8H3. The van der Waals surface area contributed by atoms with Crippen molar-refractivity contribution < 1.29 is 47.9 Å². The van der Waals surface area contributed by atoms with Crippen molar-refractivity contribution in [3.05, 3.63) is 41.0 Å². The number of esters is 3. The van der Waals surface area contributed by atoms with Gasteiger partial charge in [0.2, 0.25) is 12.5 Å². The number of fused-ring (bicyclic) bond motifs is 1. The molecule has 0 amide bonds. The highest BCUT2D eigenvalue weighted by Crippen LogP contribution is 2.44. The molecule has 1 heterocycles. The molecule has 0 spiro atoms. The minimum absolute atomic E-state index is 0.00596. The van der Waals surface area contributed by atoms with E-state index in [0.717, 1.165) is 0 Å². The molecule has 0 bridgehead atoms. The lowest BCUT2D eigenvalue weighted by Gasteiger charge is -2.31. The number of carbonyl (C=O) groups is 3. The van der Waals surface area contributed by atoms with E-state index in [4.69, 9.17) is 28.4 Å². The van der Waals surface area contributed by atoms with E-state index in [9.17, 15) is 19.5 Å². The van der Waals surface area contributed by atoms with Crippen LogP contribution in [0.2, 0.25) is 0 Å². The maximum atomic E-state index is 13.0. The minimum Gasteiger partial charge on any atom is -0.493 e. The highest BCUT2D eigenvalue weighted by molar-refractivity contribution is 5.89. The van der Waals surface area contributed by atoms with E-state index in [1.54, 1.807) is 52.0 Å². The third-order valence-corrected chi connectivity index (χ3v) is 5.96. The van der Waals surface area contributed by atoms with Crippen molar-refractivity contribution in [1.29, 1.82) is 0 Å². The molecule has 1 aliphatic heterocycles. The number of aliphatic hydroxyl groups is 1. The van der Waals surface area contributed by atoms with Crippen molar-refractivity contribution in [2.24, 2.45) is 0 Å². The van der Waals surface area contributed by atoms with Gasteiger partial charge in [-0.25, -0.2) is 14.4 Å². The van der Waals surface area contributed by atoms with Crippen LogP contribution < -0.4 is 14.2 Å². The zero-order chi connectivity index (χ0) is 27.2. The van der Waals surface area contributed by atoms with Gasteiger partial charge in [-0.05, 0) is 60.6 Å².